The summed E-state index contributed by atoms with van der Waals surface area (Å²) in [6.45, 7) is 3.85. The van der Waals surface area contributed by atoms with Crippen LogP contribution in [0.1, 0.15) is 0 Å². The van der Waals surface area contributed by atoms with Crippen LogP contribution in [0.25, 0.3) is 0 Å². The summed E-state index contributed by atoms with van der Waals surface area (Å²) in [7, 11) is -1.21. The van der Waals surface area contributed by atoms with E-state index < -0.39 is 8.65 Å². The van der Waals surface area contributed by atoms with Crippen molar-refractivity contribution in [3.63, 3.8) is 0 Å². The summed E-state index contributed by atoms with van der Waals surface area (Å²) in [6, 6.07) is 0. The van der Waals surface area contributed by atoms with E-state index in [1.54, 1.807) is 7.11 Å². The van der Waals surface area contributed by atoms with Crippen LogP contribution in [0.5, 0.6) is 0 Å². The molecule has 0 bridgehead atoms. The molecule has 0 aliphatic rings. The molecule has 0 fully saturated rings. The summed E-state index contributed by atoms with van der Waals surface area (Å²) in [5.41, 5.74) is 0. The lowest BCUT2D eigenvalue weighted by molar-refractivity contribution is 0.135. The molecule has 0 heterocycles. The fourth-order valence-corrected chi connectivity index (χ4v) is 0.936. The highest BCUT2D eigenvalue weighted by Gasteiger charge is 2.20. The summed E-state index contributed by atoms with van der Waals surface area (Å²) < 4.78 is 22.1. The van der Waals surface area contributed by atoms with Gasteiger partial charge in [0.2, 0.25) is 0 Å². The molecule has 0 aliphatic heterocycles. The van der Waals surface area contributed by atoms with Crippen molar-refractivity contribution in [2.24, 2.45) is 0 Å². The number of hydrogen-bond acceptors (Lipinski definition) is 2. The largest absolute Gasteiger partial charge is 0.389 e. The average Bonchev–Trinajstić information content (AvgIpc) is 1.63. The molecule has 0 aromatic rings. The first-order valence-electron chi connectivity index (χ1n) is 2.88. The number of hydrogen-bond donors (Lipinski definition) is 0. The molecule has 2 nitrogen and oxygen atoms in total. The molecule has 0 spiro atoms. The first kappa shape index (κ1) is 9.07. The van der Waals surface area contributed by atoms with E-state index in [0.29, 0.717) is 13.2 Å². The van der Waals surface area contributed by atoms with Crippen LogP contribution in [0, 0.1) is 0 Å². The Bertz CT molecular complexity index is 71.8. The minimum absolute atomic E-state index is 0.367. The van der Waals surface area contributed by atoms with Gasteiger partial charge in [-0.2, -0.15) is 0 Å². The summed E-state index contributed by atoms with van der Waals surface area (Å²) in [4.78, 5) is 0. The monoisotopic (exact) mass is 152 g/mol. The van der Waals surface area contributed by atoms with Crippen LogP contribution < -0.4 is 0 Å². The molecule has 56 valence electrons. The molecule has 0 rings (SSSR count). The van der Waals surface area contributed by atoms with Crippen LogP contribution in [0.4, 0.5) is 4.11 Å². The van der Waals surface area contributed by atoms with Gasteiger partial charge in [-0.05, 0) is 13.1 Å². The smallest absolute Gasteiger partial charge is 0.377 e. The topological polar surface area (TPSA) is 18.5 Å². The van der Waals surface area contributed by atoms with E-state index in [9.17, 15) is 4.11 Å². The van der Waals surface area contributed by atoms with Gasteiger partial charge < -0.3 is 9.16 Å². The molecule has 4 heteroatoms. The van der Waals surface area contributed by atoms with Crippen molar-refractivity contribution in [3.8, 4) is 0 Å². The van der Waals surface area contributed by atoms with Gasteiger partial charge in [-0.15, -0.1) is 0 Å². The summed E-state index contributed by atoms with van der Waals surface area (Å²) in [5, 5.41) is 0. The second kappa shape index (κ2) is 3.98. The third-order valence-corrected chi connectivity index (χ3v) is 1.62. The maximum atomic E-state index is 12.6. The van der Waals surface area contributed by atoms with E-state index in [1.165, 1.54) is 13.1 Å². The lowest BCUT2D eigenvalue weighted by Crippen LogP contribution is -2.25. The molecule has 0 saturated carbocycles. The number of methoxy groups -OCH3 is 1. The van der Waals surface area contributed by atoms with E-state index in [4.69, 9.17) is 4.43 Å². The van der Waals surface area contributed by atoms with Crippen molar-refractivity contribution < 1.29 is 13.3 Å². The summed E-state index contributed by atoms with van der Waals surface area (Å²) in [6.07, 6.45) is 0. The van der Waals surface area contributed by atoms with Crippen molar-refractivity contribution in [1.29, 1.82) is 0 Å². The van der Waals surface area contributed by atoms with Gasteiger partial charge in [0.15, 0.2) is 0 Å². The SMILES string of the molecule is COCCO[Si](C)(C)F. The van der Waals surface area contributed by atoms with E-state index in [2.05, 4.69) is 4.74 Å². The quantitative estimate of drug-likeness (QED) is 0.343. The lowest BCUT2D eigenvalue weighted by Gasteiger charge is -2.10. The lowest BCUT2D eigenvalue weighted by atomic mass is 10.8. The van der Waals surface area contributed by atoms with Gasteiger partial charge in [0.05, 0.1) is 13.2 Å². The first-order valence-corrected chi connectivity index (χ1v) is 5.66. The molecular formula is C5H13FO2Si. The minimum atomic E-state index is -2.77. The van der Waals surface area contributed by atoms with E-state index in [-0.39, 0.29) is 0 Å². The molecule has 0 N–H and O–H groups in total. The van der Waals surface area contributed by atoms with Crippen molar-refractivity contribution in [3.05, 3.63) is 0 Å². The zero-order valence-electron chi connectivity index (χ0n) is 6.11. The number of halogens is 1. The second-order valence-corrected chi connectivity index (χ2v) is 5.22. The highest BCUT2D eigenvalue weighted by Crippen LogP contribution is 2.03. The van der Waals surface area contributed by atoms with Crippen LogP contribution in [-0.4, -0.2) is 29.0 Å². The average molecular weight is 152 g/mol. The Kier molecular flexibility index (Phi) is 4.00. The Morgan fingerprint density at radius 2 is 1.89 bits per heavy atom. The van der Waals surface area contributed by atoms with Crippen LogP contribution in [0.3, 0.4) is 0 Å². The zero-order chi connectivity index (χ0) is 7.33. The van der Waals surface area contributed by atoms with Gasteiger partial charge >= 0.3 is 8.65 Å². The van der Waals surface area contributed by atoms with Gasteiger partial charge in [-0.3, -0.25) is 4.11 Å². The third kappa shape index (κ3) is 8.07. The maximum Gasteiger partial charge on any atom is 0.377 e. The Morgan fingerprint density at radius 1 is 1.33 bits per heavy atom. The van der Waals surface area contributed by atoms with Gasteiger partial charge in [-0.25, -0.2) is 0 Å². The molecule has 0 aliphatic carbocycles. The molecule has 0 radical (unpaired) electrons. The predicted molar refractivity (Wildman–Crippen MR) is 36.4 cm³/mol. The first-order chi connectivity index (χ1) is 4.06. The van der Waals surface area contributed by atoms with Crippen LogP contribution in [-0.2, 0) is 9.16 Å². The number of ether oxygens (including phenoxy) is 1. The normalized spacial score (nSPS) is 12.0. The fourth-order valence-electron chi connectivity index (χ4n) is 0.368. The predicted octanol–water partition coefficient (Wildman–Crippen LogP) is 1.32. The molecule has 0 aromatic carbocycles. The third-order valence-electron chi connectivity index (χ3n) is 0.733. The van der Waals surface area contributed by atoms with Crippen molar-refractivity contribution >= 4 is 8.65 Å². The van der Waals surface area contributed by atoms with Crippen molar-refractivity contribution in [2.45, 2.75) is 13.1 Å². The molecular weight excluding hydrogens is 139 g/mol. The highest BCUT2D eigenvalue weighted by atomic mass is 28.4. The minimum Gasteiger partial charge on any atom is -0.389 e. The fraction of sp³-hybridized carbons (Fsp3) is 1.00. The second-order valence-electron chi connectivity index (χ2n) is 2.20. The van der Waals surface area contributed by atoms with Gasteiger partial charge in [0.1, 0.15) is 0 Å². The van der Waals surface area contributed by atoms with Crippen LogP contribution in [0.15, 0.2) is 0 Å². The van der Waals surface area contributed by atoms with E-state index in [1.807, 2.05) is 0 Å². The standard InChI is InChI=1S/C5H13FO2Si/c1-7-4-5-8-9(2,3)6/h4-5H2,1-3H3. The maximum absolute atomic E-state index is 12.6. The Hall–Kier alpha value is 0.0669. The van der Waals surface area contributed by atoms with Crippen LogP contribution >= 0.6 is 0 Å². The molecule has 0 saturated heterocycles. The zero-order valence-corrected chi connectivity index (χ0v) is 7.11. The van der Waals surface area contributed by atoms with Gasteiger partial charge in [-0.1, -0.05) is 0 Å². The summed E-state index contributed by atoms with van der Waals surface area (Å²) >= 11 is 0. The molecule has 0 aromatic heterocycles. The molecule has 0 amide bonds. The molecule has 9 heavy (non-hydrogen) atoms. The highest BCUT2D eigenvalue weighted by molar-refractivity contribution is 6.63. The van der Waals surface area contributed by atoms with Gasteiger partial charge in [0, 0.05) is 7.11 Å². The van der Waals surface area contributed by atoms with E-state index in [0.717, 1.165) is 0 Å². The number of rotatable bonds is 4. The van der Waals surface area contributed by atoms with E-state index >= 15 is 0 Å². The van der Waals surface area contributed by atoms with Crippen molar-refractivity contribution in [2.75, 3.05) is 20.3 Å². The molecule has 0 unspecified atom stereocenters. The molecule has 0 atom stereocenters. The van der Waals surface area contributed by atoms with Crippen LogP contribution in [0.2, 0.25) is 13.1 Å². The summed E-state index contributed by atoms with van der Waals surface area (Å²) in [5.74, 6) is 0. The Morgan fingerprint density at radius 3 is 2.22 bits per heavy atom. The Labute approximate surface area is 56.3 Å². The van der Waals surface area contributed by atoms with Crippen molar-refractivity contribution in [1.82, 2.24) is 0 Å². The Balaban J connectivity index is 3.07. The van der Waals surface area contributed by atoms with Gasteiger partial charge in [0.25, 0.3) is 0 Å².